The number of pyridine rings is 1. The van der Waals surface area contributed by atoms with E-state index in [1.54, 1.807) is 6.20 Å². The van der Waals surface area contributed by atoms with Crippen LogP contribution < -0.4 is 10.6 Å². The molecule has 0 saturated heterocycles. The number of nitrogens with zero attached hydrogens (tertiary/aromatic N) is 1. The van der Waals surface area contributed by atoms with Gasteiger partial charge in [0.05, 0.1) is 0 Å². The van der Waals surface area contributed by atoms with Gasteiger partial charge in [0.1, 0.15) is 5.60 Å². The fraction of sp³-hybridized carbons (Fsp3) is 0.333. The Kier molecular flexibility index (Phi) is 5.57. The molecule has 1 aromatic carbocycles. The molecule has 0 aliphatic heterocycles. The minimum atomic E-state index is -0.498. The van der Waals surface area contributed by atoms with Crippen molar-refractivity contribution in [3.8, 4) is 0 Å². The van der Waals surface area contributed by atoms with E-state index in [-0.39, 0.29) is 0 Å². The lowest BCUT2D eigenvalue weighted by atomic mass is 10.1. The van der Waals surface area contributed by atoms with Crippen LogP contribution in [0, 0.1) is 0 Å². The second kappa shape index (κ2) is 7.63. The number of nitrogens with one attached hydrogen (secondary N) is 2. The highest BCUT2D eigenvalue weighted by Gasteiger charge is 2.16. The quantitative estimate of drug-likeness (QED) is 0.883. The van der Waals surface area contributed by atoms with Crippen molar-refractivity contribution in [2.24, 2.45) is 0 Å². The van der Waals surface area contributed by atoms with Crippen molar-refractivity contribution in [2.45, 2.75) is 39.5 Å². The first-order valence-corrected chi connectivity index (χ1v) is 7.61. The number of carbonyl (C=O) groups excluding carboxylic acids is 1. The zero-order chi connectivity index (χ0) is 16.7. The monoisotopic (exact) mass is 313 g/mol. The lowest BCUT2D eigenvalue weighted by Crippen LogP contribution is -2.32. The Balaban J connectivity index is 1.93. The molecule has 5 heteroatoms. The summed E-state index contributed by atoms with van der Waals surface area (Å²) in [5, 5.41) is 6.15. The van der Waals surface area contributed by atoms with Gasteiger partial charge in [-0.3, -0.25) is 4.98 Å². The van der Waals surface area contributed by atoms with Crippen molar-refractivity contribution in [3.05, 3.63) is 59.9 Å². The van der Waals surface area contributed by atoms with Gasteiger partial charge in [-0.25, -0.2) is 4.79 Å². The number of benzene rings is 1. The predicted octanol–water partition coefficient (Wildman–Crippen LogP) is 3.72. The van der Waals surface area contributed by atoms with Gasteiger partial charge in [-0.2, -0.15) is 0 Å². The lowest BCUT2D eigenvalue weighted by Gasteiger charge is -2.20. The van der Waals surface area contributed by atoms with Crippen LogP contribution >= 0.6 is 0 Å². The molecular formula is C18H23N3O2. The van der Waals surface area contributed by atoms with Crippen molar-refractivity contribution in [1.29, 1.82) is 0 Å². The average Bonchev–Trinajstić information content (AvgIpc) is 2.51. The normalized spacial score (nSPS) is 10.9. The Labute approximate surface area is 137 Å². The van der Waals surface area contributed by atoms with E-state index in [0.29, 0.717) is 13.1 Å². The van der Waals surface area contributed by atoms with E-state index < -0.39 is 11.7 Å². The summed E-state index contributed by atoms with van der Waals surface area (Å²) >= 11 is 0. The summed E-state index contributed by atoms with van der Waals surface area (Å²) in [4.78, 5) is 15.9. The standard InChI is InChI=1S/C18H23N3O2/c1-18(2,3)23-17(22)21-13-15-8-4-5-9-16(15)20-12-14-7-6-10-19-11-14/h4-11,20H,12-13H2,1-3H3,(H,21,22). The van der Waals surface area contributed by atoms with Gasteiger partial charge in [-0.1, -0.05) is 24.3 Å². The molecule has 1 heterocycles. The molecule has 0 aliphatic rings. The van der Waals surface area contributed by atoms with Crippen LogP contribution in [-0.4, -0.2) is 16.7 Å². The van der Waals surface area contributed by atoms with Crippen LogP contribution in [0.5, 0.6) is 0 Å². The number of para-hydroxylation sites is 1. The largest absolute Gasteiger partial charge is 0.444 e. The molecule has 0 spiro atoms. The summed E-state index contributed by atoms with van der Waals surface area (Å²) in [6.45, 7) is 6.62. The van der Waals surface area contributed by atoms with Crippen LogP contribution in [0.3, 0.4) is 0 Å². The van der Waals surface area contributed by atoms with Crippen LogP contribution in [0.4, 0.5) is 10.5 Å². The highest BCUT2D eigenvalue weighted by atomic mass is 16.6. The third-order valence-electron chi connectivity index (χ3n) is 3.05. The fourth-order valence-electron chi connectivity index (χ4n) is 2.03. The molecule has 0 radical (unpaired) electrons. The Bertz CT molecular complexity index is 636. The van der Waals surface area contributed by atoms with Crippen LogP contribution in [0.2, 0.25) is 0 Å². The number of anilines is 1. The lowest BCUT2D eigenvalue weighted by molar-refractivity contribution is 0.0523. The SMILES string of the molecule is CC(C)(C)OC(=O)NCc1ccccc1NCc1cccnc1. The van der Waals surface area contributed by atoms with E-state index in [4.69, 9.17) is 4.74 Å². The summed E-state index contributed by atoms with van der Waals surface area (Å²) in [6.07, 6.45) is 3.16. The number of aromatic nitrogens is 1. The van der Waals surface area contributed by atoms with Gasteiger partial charge >= 0.3 is 6.09 Å². The van der Waals surface area contributed by atoms with Crippen molar-refractivity contribution in [3.63, 3.8) is 0 Å². The Hall–Kier alpha value is -2.56. The van der Waals surface area contributed by atoms with Crippen molar-refractivity contribution < 1.29 is 9.53 Å². The van der Waals surface area contributed by atoms with Gasteiger partial charge in [0.2, 0.25) is 0 Å². The van der Waals surface area contributed by atoms with Gasteiger partial charge in [-0.05, 0) is 44.0 Å². The highest BCUT2D eigenvalue weighted by Crippen LogP contribution is 2.16. The number of carbonyl (C=O) groups is 1. The zero-order valence-electron chi connectivity index (χ0n) is 13.8. The maximum absolute atomic E-state index is 11.8. The smallest absolute Gasteiger partial charge is 0.407 e. The number of alkyl carbamates (subject to hydrolysis) is 1. The minimum Gasteiger partial charge on any atom is -0.444 e. The third-order valence-corrected chi connectivity index (χ3v) is 3.05. The molecule has 23 heavy (non-hydrogen) atoms. The molecular weight excluding hydrogens is 290 g/mol. The van der Waals surface area contributed by atoms with Crippen molar-refractivity contribution in [2.75, 3.05) is 5.32 Å². The van der Waals surface area contributed by atoms with Crippen LogP contribution in [-0.2, 0) is 17.8 Å². The molecule has 2 aromatic rings. The maximum Gasteiger partial charge on any atom is 0.407 e. The maximum atomic E-state index is 11.8. The molecule has 1 aromatic heterocycles. The number of amides is 1. The topological polar surface area (TPSA) is 63.2 Å². The molecule has 122 valence electrons. The second-order valence-electron chi connectivity index (χ2n) is 6.23. The highest BCUT2D eigenvalue weighted by molar-refractivity contribution is 5.68. The minimum absolute atomic E-state index is 0.408. The molecule has 1 amide bonds. The van der Waals surface area contributed by atoms with Gasteiger partial charge in [0.15, 0.2) is 0 Å². The van der Waals surface area contributed by atoms with Gasteiger partial charge in [0, 0.05) is 31.2 Å². The molecule has 0 atom stereocenters. The average molecular weight is 313 g/mol. The molecule has 2 rings (SSSR count). The Morgan fingerprint density at radius 1 is 1.13 bits per heavy atom. The second-order valence-corrected chi connectivity index (χ2v) is 6.23. The predicted molar refractivity (Wildman–Crippen MR) is 91.1 cm³/mol. The summed E-state index contributed by atoms with van der Waals surface area (Å²) in [7, 11) is 0. The van der Waals surface area contributed by atoms with Crippen LogP contribution in [0.15, 0.2) is 48.8 Å². The summed E-state index contributed by atoms with van der Waals surface area (Å²) in [6, 6.07) is 11.8. The van der Waals surface area contributed by atoms with Crippen molar-refractivity contribution in [1.82, 2.24) is 10.3 Å². The van der Waals surface area contributed by atoms with Gasteiger partial charge < -0.3 is 15.4 Å². The number of rotatable bonds is 5. The van der Waals surface area contributed by atoms with Crippen molar-refractivity contribution >= 4 is 11.8 Å². The summed E-state index contributed by atoms with van der Waals surface area (Å²) in [5.41, 5.74) is 2.58. The fourth-order valence-corrected chi connectivity index (χ4v) is 2.03. The molecule has 2 N–H and O–H groups in total. The molecule has 0 fully saturated rings. The first kappa shape index (κ1) is 16.8. The first-order valence-electron chi connectivity index (χ1n) is 7.61. The number of hydrogen-bond acceptors (Lipinski definition) is 4. The molecule has 0 unspecified atom stereocenters. The first-order chi connectivity index (χ1) is 10.9. The van der Waals surface area contributed by atoms with E-state index in [2.05, 4.69) is 15.6 Å². The van der Waals surface area contributed by atoms with Gasteiger partial charge in [-0.15, -0.1) is 0 Å². The molecule has 0 saturated carbocycles. The molecule has 0 aliphatic carbocycles. The van der Waals surface area contributed by atoms with Crippen LogP contribution in [0.25, 0.3) is 0 Å². The zero-order valence-corrected chi connectivity index (χ0v) is 13.8. The van der Waals surface area contributed by atoms with E-state index >= 15 is 0 Å². The van der Waals surface area contributed by atoms with Gasteiger partial charge in [0.25, 0.3) is 0 Å². The summed E-state index contributed by atoms with van der Waals surface area (Å²) in [5.74, 6) is 0. The van der Waals surface area contributed by atoms with E-state index in [0.717, 1.165) is 16.8 Å². The summed E-state index contributed by atoms with van der Waals surface area (Å²) < 4.78 is 5.25. The van der Waals surface area contributed by atoms with Crippen LogP contribution in [0.1, 0.15) is 31.9 Å². The molecule has 0 bridgehead atoms. The Morgan fingerprint density at radius 3 is 2.61 bits per heavy atom. The number of ether oxygens (including phenoxy) is 1. The van der Waals surface area contributed by atoms with E-state index in [9.17, 15) is 4.79 Å². The number of hydrogen-bond donors (Lipinski definition) is 2. The molecule has 5 nitrogen and oxygen atoms in total. The Morgan fingerprint density at radius 2 is 1.91 bits per heavy atom. The van der Waals surface area contributed by atoms with E-state index in [1.165, 1.54) is 0 Å². The van der Waals surface area contributed by atoms with E-state index in [1.807, 2.05) is 63.4 Å². The third kappa shape index (κ3) is 5.98.